The Morgan fingerprint density at radius 1 is 0.857 bits per heavy atom. The lowest BCUT2D eigenvalue weighted by molar-refractivity contribution is 0.637. The summed E-state index contributed by atoms with van der Waals surface area (Å²) >= 11 is 0. The Labute approximate surface area is 124 Å². The average Bonchev–Trinajstić information content (AvgIpc) is 2.52. The van der Waals surface area contributed by atoms with E-state index in [0.29, 0.717) is 5.39 Å². The first-order chi connectivity index (χ1) is 10.2. The zero-order valence-corrected chi connectivity index (χ0v) is 12.2. The van der Waals surface area contributed by atoms with Crippen molar-refractivity contribution >= 4 is 10.8 Å². The molecule has 0 bridgehead atoms. The van der Waals surface area contributed by atoms with Crippen LogP contribution in [0.5, 0.6) is 0 Å². The highest BCUT2D eigenvalue weighted by atomic mass is 19.1. The van der Waals surface area contributed by atoms with Gasteiger partial charge in [-0.2, -0.15) is 0 Å². The van der Waals surface area contributed by atoms with E-state index in [1.54, 1.807) is 6.07 Å². The number of hydrogen-bond donors (Lipinski definition) is 1. The van der Waals surface area contributed by atoms with Crippen LogP contribution in [0, 0.1) is 12.7 Å². The van der Waals surface area contributed by atoms with E-state index < -0.39 is 0 Å². The molecule has 0 saturated heterocycles. The van der Waals surface area contributed by atoms with E-state index in [0.717, 1.165) is 10.9 Å². The van der Waals surface area contributed by atoms with Crippen LogP contribution >= 0.6 is 0 Å². The number of nitrogens with one attached hydrogen (secondary N) is 1. The Kier molecular flexibility index (Phi) is 3.72. The van der Waals surface area contributed by atoms with Crippen molar-refractivity contribution in [2.24, 2.45) is 0 Å². The van der Waals surface area contributed by atoms with Gasteiger partial charge in [-0.05, 0) is 36.6 Å². The van der Waals surface area contributed by atoms with E-state index in [4.69, 9.17) is 0 Å². The first kappa shape index (κ1) is 13.8. The fourth-order valence-electron chi connectivity index (χ4n) is 2.80. The van der Waals surface area contributed by atoms with Crippen LogP contribution in [0.25, 0.3) is 10.8 Å². The molecule has 0 aromatic heterocycles. The Morgan fingerprint density at radius 3 is 2.19 bits per heavy atom. The van der Waals surface area contributed by atoms with Gasteiger partial charge in [0.25, 0.3) is 0 Å². The smallest absolute Gasteiger partial charge is 0.131 e. The van der Waals surface area contributed by atoms with Gasteiger partial charge < -0.3 is 5.32 Å². The first-order valence-electron chi connectivity index (χ1n) is 7.11. The fourth-order valence-corrected chi connectivity index (χ4v) is 2.80. The minimum atomic E-state index is -0.173. The van der Waals surface area contributed by atoms with Crippen molar-refractivity contribution in [3.63, 3.8) is 0 Å². The summed E-state index contributed by atoms with van der Waals surface area (Å²) in [4.78, 5) is 0. The number of halogens is 1. The molecule has 0 aliphatic heterocycles. The topological polar surface area (TPSA) is 12.0 Å². The molecule has 0 saturated carbocycles. The van der Waals surface area contributed by atoms with Gasteiger partial charge in [-0.15, -0.1) is 0 Å². The lowest BCUT2D eigenvalue weighted by atomic mass is 9.93. The molecule has 3 aromatic rings. The van der Waals surface area contributed by atoms with Gasteiger partial charge in [0, 0.05) is 5.39 Å². The van der Waals surface area contributed by atoms with E-state index >= 15 is 0 Å². The maximum atomic E-state index is 14.0. The largest absolute Gasteiger partial charge is 0.309 e. The molecule has 2 heteroatoms. The van der Waals surface area contributed by atoms with Crippen molar-refractivity contribution in [3.8, 4) is 0 Å². The first-order valence-corrected chi connectivity index (χ1v) is 7.11. The molecule has 1 nitrogen and oxygen atoms in total. The van der Waals surface area contributed by atoms with Crippen LogP contribution in [-0.4, -0.2) is 7.05 Å². The third-order valence-electron chi connectivity index (χ3n) is 3.91. The zero-order chi connectivity index (χ0) is 14.8. The van der Waals surface area contributed by atoms with Crippen LogP contribution in [0.15, 0.2) is 60.7 Å². The van der Waals surface area contributed by atoms with Crippen molar-refractivity contribution in [2.75, 3.05) is 7.05 Å². The van der Waals surface area contributed by atoms with E-state index in [1.807, 2.05) is 37.4 Å². The predicted molar refractivity (Wildman–Crippen MR) is 86.0 cm³/mol. The minimum absolute atomic E-state index is 0.0519. The second kappa shape index (κ2) is 5.66. The van der Waals surface area contributed by atoms with Crippen LogP contribution in [0.2, 0.25) is 0 Å². The molecule has 1 atom stereocenters. The lowest BCUT2D eigenvalue weighted by Gasteiger charge is -2.20. The molecule has 0 aliphatic rings. The van der Waals surface area contributed by atoms with E-state index in [-0.39, 0.29) is 11.9 Å². The van der Waals surface area contributed by atoms with Gasteiger partial charge in [0.05, 0.1) is 6.04 Å². The third kappa shape index (κ3) is 2.55. The van der Waals surface area contributed by atoms with Crippen molar-refractivity contribution in [1.29, 1.82) is 0 Å². The molecule has 1 unspecified atom stereocenters. The molecule has 3 aromatic carbocycles. The monoisotopic (exact) mass is 279 g/mol. The van der Waals surface area contributed by atoms with Gasteiger partial charge in [-0.25, -0.2) is 4.39 Å². The summed E-state index contributed by atoms with van der Waals surface area (Å²) in [6.07, 6.45) is 0. The van der Waals surface area contributed by atoms with Gasteiger partial charge in [-0.3, -0.25) is 0 Å². The summed E-state index contributed by atoms with van der Waals surface area (Å²) in [6.45, 7) is 2.07. The molecule has 21 heavy (non-hydrogen) atoms. The highest BCUT2D eigenvalue weighted by molar-refractivity contribution is 5.87. The normalized spacial score (nSPS) is 12.5. The highest BCUT2D eigenvalue weighted by Gasteiger charge is 2.15. The zero-order valence-electron chi connectivity index (χ0n) is 12.2. The molecular weight excluding hydrogens is 261 g/mol. The molecule has 0 amide bonds. The van der Waals surface area contributed by atoms with Crippen LogP contribution in [-0.2, 0) is 0 Å². The second-order valence-corrected chi connectivity index (χ2v) is 5.31. The van der Waals surface area contributed by atoms with Gasteiger partial charge in [0.1, 0.15) is 5.82 Å². The molecule has 1 N–H and O–H groups in total. The maximum Gasteiger partial charge on any atom is 0.131 e. The van der Waals surface area contributed by atoms with Crippen molar-refractivity contribution < 1.29 is 4.39 Å². The summed E-state index contributed by atoms with van der Waals surface area (Å²) in [6, 6.07) is 19.6. The van der Waals surface area contributed by atoms with Crippen molar-refractivity contribution in [3.05, 3.63) is 83.2 Å². The average molecular weight is 279 g/mol. The molecule has 106 valence electrons. The summed E-state index contributed by atoms with van der Waals surface area (Å²) in [5.74, 6) is -0.173. The third-order valence-corrected chi connectivity index (χ3v) is 3.91. The number of fused-ring (bicyclic) bond motifs is 1. The molecule has 0 heterocycles. The summed E-state index contributed by atoms with van der Waals surface area (Å²) in [5.41, 5.74) is 3.51. The highest BCUT2D eigenvalue weighted by Crippen LogP contribution is 2.30. The van der Waals surface area contributed by atoms with Gasteiger partial charge >= 0.3 is 0 Å². The SMILES string of the molecule is CNC(c1ccc(C)cc1)c1ccc(F)c2ccccc12. The minimum Gasteiger partial charge on any atom is -0.309 e. The van der Waals surface area contributed by atoms with Crippen LogP contribution < -0.4 is 5.32 Å². The van der Waals surface area contributed by atoms with Gasteiger partial charge in [0.2, 0.25) is 0 Å². The summed E-state index contributed by atoms with van der Waals surface area (Å²) in [7, 11) is 1.93. The predicted octanol–water partition coefficient (Wildman–Crippen LogP) is 4.60. The molecular formula is C19H18FN. The Balaban J connectivity index is 2.17. The standard InChI is InChI=1S/C19H18FN/c1-13-7-9-14(10-8-13)19(21-2)17-11-12-18(20)16-6-4-3-5-15(16)17/h3-12,19,21H,1-2H3. The maximum absolute atomic E-state index is 14.0. The van der Waals surface area contributed by atoms with Crippen molar-refractivity contribution in [2.45, 2.75) is 13.0 Å². The molecule has 0 aliphatic carbocycles. The van der Waals surface area contributed by atoms with Gasteiger partial charge in [0.15, 0.2) is 0 Å². The van der Waals surface area contributed by atoms with Crippen molar-refractivity contribution in [1.82, 2.24) is 5.32 Å². The van der Waals surface area contributed by atoms with E-state index in [9.17, 15) is 4.39 Å². The van der Waals surface area contributed by atoms with E-state index in [1.165, 1.54) is 11.1 Å². The Bertz CT molecular complexity index is 762. The molecule has 0 radical (unpaired) electrons. The summed E-state index contributed by atoms with van der Waals surface area (Å²) in [5, 5.41) is 4.97. The molecule has 0 spiro atoms. The number of aryl methyl sites for hydroxylation is 1. The molecule has 0 fully saturated rings. The fraction of sp³-hybridized carbons (Fsp3) is 0.158. The van der Waals surface area contributed by atoms with Crippen LogP contribution in [0.4, 0.5) is 4.39 Å². The molecule has 3 rings (SSSR count). The number of benzene rings is 3. The van der Waals surface area contributed by atoms with E-state index in [2.05, 4.69) is 36.5 Å². The Morgan fingerprint density at radius 2 is 1.52 bits per heavy atom. The van der Waals surface area contributed by atoms with Gasteiger partial charge in [-0.1, -0.05) is 60.2 Å². The number of rotatable bonds is 3. The van der Waals surface area contributed by atoms with Crippen LogP contribution in [0.3, 0.4) is 0 Å². The quantitative estimate of drug-likeness (QED) is 0.739. The Hall–Kier alpha value is -2.19. The summed E-state index contributed by atoms with van der Waals surface area (Å²) < 4.78 is 14.0. The number of hydrogen-bond acceptors (Lipinski definition) is 1. The lowest BCUT2D eigenvalue weighted by Crippen LogP contribution is -2.18. The second-order valence-electron chi connectivity index (χ2n) is 5.31. The van der Waals surface area contributed by atoms with Crippen LogP contribution in [0.1, 0.15) is 22.7 Å².